The van der Waals surface area contributed by atoms with Gasteiger partial charge in [0, 0.05) is 7.05 Å². The van der Waals surface area contributed by atoms with Crippen LogP contribution in [0.1, 0.15) is 5.56 Å². The molecule has 0 aromatic heterocycles. The van der Waals surface area contributed by atoms with Crippen LogP contribution in [0.15, 0.2) is 18.2 Å². The Labute approximate surface area is 113 Å². The van der Waals surface area contributed by atoms with E-state index in [0.29, 0.717) is 15.6 Å². The second kappa shape index (κ2) is 4.59. The lowest BCUT2D eigenvalue weighted by Gasteiger charge is -2.13. The van der Waals surface area contributed by atoms with E-state index in [4.69, 9.17) is 23.2 Å². The van der Waals surface area contributed by atoms with E-state index in [0.717, 1.165) is 9.80 Å². The first-order valence-corrected chi connectivity index (χ1v) is 5.75. The molecule has 0 atom stereocenters. The van der Waals surface area contributed by atoms with Crippen LogP contribution < -0.4 is 0 Å². The molecule has 5 nitrogen and oxygen atoms in total. The highest BCUT2D eigenvalue weighted by atomic mass is 35.5. The summed E-state index contributed by atoms with van der Waals surface area (Å²) >= 11 is 11.6. The van der Waals surface area contributed by atoms with Crippen LogP contribution >= 0.6 is 23.2 Å². The zero-order valence-electron chi connectivity index (χ0n) is 9.31. The Bertz CT molecular complexity index is 559. The SMILES string of the molecule is CN1C(=O)C(=O)N(Cc2ccc(Cl)c(Cl)c2)C1=O. The molecule has 7 heteroatoms. The summed E-state index contributed by atoms with van der Waals surface area (Å²) in [6.45, 7) is -0.00929. The van der Waals surface area contributed by atoms with Crippen LogP contribution in [0.4, 0.5) is 4.79 Å². The molecule has 1 fully saturated rings. The number of urea groups is 1. The van der Waals surface area contributed by atoms with E-state index in [9.17, 15) is 14.4 Å². The van der Waals surface area contributed by atoms with E-state index < -0.39 is 17.8 Å². The number of rotatable bonds is 2. The molecule has 94 valence electrons. The Balaban J connectivity index is 2.24. The molecule has 1 aromatic rings. The van der Waals surface area contributed by atoms with E-state index in [-0.39, 0.29) is 6.54 Å². The third kappa shape index (κ3) is 2.07. The Morgan fingerprint density at radius 3 is 2.22 bits per heavy atom. The van der Waals surface area contributed by atoms with Gasteiger partial charge < -0.3 is 0 Å². The maximum absolute atomic E-state index is 11.6. The normalized spacial score (nSPS) is 15.8. The summed E-state index contributed by atoms with van der Waals surface area (Å²) in [6, 6.07) is 4.11. The lowest BCUT2D eigenvalue weighted by atomic mass is 10.2. The van der Waals surface area contributed by atoms with Gasteiger partial charge in [0.15, 0.2) is 0 Å². The molecule has 2 rings (SSSR count). The number of hydrogen-bond donors (Lipinski definition) is 0. The minimum Gasteiger partial charge on any atom is -0.263 e. The van der Waals surface area contributed by atoms with E-state index in [1.165, 1.54) is 7.05 Å². The van der Waals surface area contributed by atoms with Crippen molar-refractivity contribution >= 4 is 41.0 Å². The number of hydrogen-bond acceptors (Lipinski definition) is 3. The van der Waals surface area contributed by atoms with E-state index in [1.54, 1.807) is 18.2 Å². The monoisotopic (exact) mass is 286 g/mol. The fourth-order valence-electron chi connectivity index (χ4n) is 1.57. The van der Waals surface area contributed by atoms with Crippen LogP contribution in [-0.4, -0.2) is 34.7 Å². The lowest BCUT2D eigenvalue weighted by Crippen LogP contribution is -2.31. The average Bonchev–Trinajstić information content (AvgIpc) is 2.52. The van der Waals surface area contributed by atoms with E-state index >= 15 is 0 Å². The molecule has 1 aliphatic heterocycles. The molecule has 0 unspecified atom stereocenters. The predicted octanol–water partition coefficient (Wildman–Crippen LogP) is 1.91. The summed E-state index contributed by atoms with van der Waals surface area (Å²) < 4.78 is 0. The van der Waals surface area contributed by atoms with Gasteiger partial charge in [0.05, 0.1) is 16.6 Å². The first-order chi connectivity index (χ1) is 8.41. The summed E-state index contributed by atoms with van der Waals surface area (Å²) in [4.78, 5) is 36.1. The molecule has 4 amide bonds. The fourth-order valence-corrected chi connectivity index (χ4v) is 1.89. The molecule has 0 aliphatic carbocycles. The molecule has 1 saturated heterocycles. The molecule has 0 saturated carbocycles. The summed E-state index contributed by atoms with van der Waals surface area (Å²) in [6.07, 6.45) is 0. The number of carbonyl (C=O) groups is 3. The topological polar surface area (TPSA) is 57.7 Å². The van der Waals surface area contributed by atoms with Crippen molar-refractivity contribution in [2.45, 2.75) is 6.54 Å². The fraction of sp³-hybridized carbons (Fsp3) is 0.182. The molecule has 1 heterocycles. The molecular weight excluding hydrogens is 279 g/mol. The smallest absolute Gasteiger partial charge is 0.263 e. The Morgan fingerprint density at radius 1 is 1.06 bits per heavy atom. The van der Waals surface area contributed by atoms with Gasteiger partial charge in [-0.1, -0.05) is 29.3 Å². The first kappa shape index (κ1) is 12.9. The molecule has 1 aromatic carbocycles. The highest BCUT2D eigenvalue weighted by molar-refractivity contribution is 6.44. The van der Waals surface area contributed by atoms with Gasteiger partial charge in [-0.3, -0.25) is 19.4 Å². The van der Waals surface area contributed by atoms with E-state index in [1.807, 2.05) is 0 Å². The Kier molecular flexibility index (Phi) is 3.28. The molecule has 18 heavy (non-hydrogen) atoms. The maximum atomic E-state index is 11.6. The molecule has 0 radical (unpaired) electrons. The Hall–Kier alpha value is -1.59. The van der Waals surface area contributed by atoms with Gasteiger partial charge >= 0.3 is 17.8 Å². The average molecular weight is 287 g/mol. The highest BCUT2D eigenvalue weighted by Crippen LogP contribution is 2.24. The van der Waals surface area contributed by atoms with Crippen molar-refractivity contribution in [1.82, 2.24) is 9.80 Å². The summed E-state index contributed by atoms with van der Waals surface area (Å²) in [7, 11) is 1.26. The number of halogens is 2. The van der Waals surface area contributed by atoms with Crippen LogP contribution in [0.2, 0.25) is 10.0 Å². The van der Waals surface area contributed by atoms with Crippen molar-refractivity contribution in [3.05, 3.63) is 33.8 Å². The predicted molar refractivity (Wildman–Crippen MR) is 65.2 cm³/mol. The summed E-state index contributed by atoms with van der Waals surface area (Å²) in [5.74, 6) is -1.67. The van der Waals surface area contributed by atoms with Crippen molar-refractivity contribution in [1.29, 1.82) is 0 Å². The van der Waals surface area contributed by atoms with Gasteiger partial charge in [0.25, 0.3) is 0 Å². The number of carbonyl (C=O) groups excluding carboxylic acids is 3. The van der Waals surface area contributed by atoms with Crippen molar-refractivity contribution < 1.29 is 14.4 Å². The minimum atomic E-state index is -0.839. The van der Waals surface area contributed by atoms with Gasteiger partial charge in [0.2, 0.25) is 0 Å². The van der Waals surface area contributed by atoms with Crippen LogP contribution in [0.3, 0.4) is 0 Å². The summed E-state index contributed by atoms with van der Waals surface area (Å²) in [5.41, 5.74) is 0.620. The third-order valence-electron chi connectivity index (χ3n) is 2.58. The third-order valence-corrected chi connectivity index (χ3v) is 3.31. The molecule has 0 N–H and O–H groups in total. The molecule has 0 spiro atoms. The second-order valence-electron chi connectivity index (χ2n) is 3.79. The zero-order valence-corrected chi connectivity index (χ0v) is 10.8. The second-order valence-corrected chi connectivity index (χ2v) is 4.60. The number of benzene rings is 1. The van der Waals surface area contributed by atoms with Gasteiger partial charge in [-0.15, -0.1) is 0 Å². The number of nitrogens with zero attached hydrogens (tertiary/aromatic N) is 2. The molecule has 0 bridgehead atoms. The van der Waals surface area contributed by atoms with Crippen molar-refractivity contribution in [2.24, 2.45) is 0 Å². The van der Waals surface area contributed by atoms with Gasteiger partial charge in [-0.2, -0.15) is 0 Å². The standard InChI is InChI=1S/C11H8Cl2N2O3/c1-14-9(16)10(17)15(11(14)18)5-6-2-3-7(12)8(13)4-6/h2-4H,5H2,1H3. The van der Waals surface area contributed by atoms with Crippen LogP contribution in [0.25, 0.3) is 0 Å². The van der Waals surface area contributed by atoms with Crippen molar-refractivity contribution in [3.63, 3.8) is 0 Å². The number of likely N-dealkylation sites (N-methyl/N-ethyl adjacent to an activating group) is 1. The minimum absolute atomic E-state index is 0.00929. The maximum Gasteiger partial charge on any atom is 0.334 e. The largest absolute Gasteiger partial charge is 0.334 e. The van der Waals surface area contributed by atoms with E-state index in [2.05, 4.69) is 0 Å². The highest BCUT2D eigenvalue weighted by Gasteiger charge is 2.41. The Morgan fingerprint density at radius 2 is 1.72 bits per heavy atom. The first-order valence-electron chi connectivity index (χ1n) is 4.99. The van der Waals surface area contributed by atoms with Crippen LogP contribution in [-0.2, 0) is 16.1 Å². The van der Waals surface area contributed by atoms with Crippen LogP contribution in [0, 0.1) is 0 Å². The number of amides is 4. The zero-order chi connectivity index (χ0) is 13.4. The van der Waals surface area contributed by atoms with Gasteiger partial charge in [-0.05, 0) is 17.7 Å². The van der Waals surface area contributed by atoms with Crippen molar-refractivity contribution in [2.75, 3.05) is 7.05 Å². The van der Waals surface area contributed by atoms with Gasteiger partial charge in [0.1, 0.15) is 0 Å². The van der Waals surface area contributed by atoms with Crippen LogP contribution in [0.5, 0.6) is 0 Å². The van der Waals surface area contributed by atoms with Crippen molar-refractivity contribution in [3.8, 4) is 0 Å². The lowest BCUT2D eigenvalue weighted by molar-refractivity contribution is -0.143. The summed E-state index contributed by atoms with van der Waals surface area (Å²) in [5, 5.41) is 0.709. The quantitative estimate of drug-likeness (QED) is 0.616. The molecular formula is C11H8Cl2N2O3. The van der Waals surface area contributed by atoms with Gasteiger partial charge in [-0.25, -0.2) is 4.79 Å². The number of imide groups is 2. The molecule has 1 aliphatic rings.